The number of para-hydroxylation sites is 1. The Balaban J connectivity index is 1.88. The predicted octanol–water partition coefficient (Wildman–Crippen LogP) is 3.49. The highest BCUT2D eigenvalue weighted by Crippen LogP contribution is 2.29. The summed E-state index contributed by atoms with van der Waals surface area (Å²) in [6, 6.07) is 15.8. The van der Waals surface area contributed by atoms with Crippen LogP contribution >= 0.6 is 0 Å². The molecule has 2 aromatic carbocycles. The van der Waals surface area contributed by atoms with Crippen molar-refractivity contribution >= 4 is 27.8 Å². The Labute approximate surface area is 157 Å². The number of hydrogen-bond donors (Lipinski definition) is 2. The molecule has 0 unspecified atom stereocenters. The van der Waals surface area contributed by atoms with E-state index in [0.717, 1.165) is 27.7 Å². The van der Waals surface area contributed by atoms with Gasteiger partial charge in [0.05, 0.1) is 17.1 Å². The molecule has 4 rings (SSSR count). The quantitative estimate of drug-likeness (QED) is 0.567. The van der Waals surface area contributed by atoms with Gasteiger partial charge in [0.15, 0.2) is 5.82 Å². The second-order valence-corrected chi connectivity index (χ2v) is 6.80. The molecule has 4 aromatic rings. The minimum absolute atomic E-state index is 0.108. The molecule has 0 amide bonds. The van der Waals surface area contributed by atoms with Crippen LogP contribution in [0, 0.1) is 0 Å². The molecule has 0 bridgehead atoms. The highest BCUT2D eigenvalue weighted by atomic mass is 16.5. The van der Waals surface area contributed by atoms with Crippen molar-refractivity contribution in [2.75, 3.05) is 5.73 Å². The lowest BCUT2D eigenvalue weighted by Gasteiger charge is -2.13. The summed E-state index contributed by atoms with van der Waals surface area (Å²) in [6.07, 6.45) is 0.108. The number of hydrogen-bond acceptors (Lipinski definition) is 5. The first kappa shape index (κ1) is 17.3. The fourth-order valence-corrected chi connectivity index (χ4v) is 3.37. The Kier molecular flexibility index (Phi) is 4.41. The fraction of sp³-hybridized carbons (Fsp3) is 0.238. The summed E-state index contributed by atoms with van der Waals surface area (Å²) in [5.74, 6) is 1.75. The van der Waals surface area contributed by atoms with Crippen LogP contribution in [-0.4, -0.2) is 25.7 Å². The standard InChI is InChI=1S/C21H22N4O2/c1-13(2)27-15-7-5-6-14(10-15)11-25-18(12-26)24-19-20(25)16-8-3-4-9-17(16)23-21(19)22/h3-10,13,26H,11-12H2,1-2H3,(H2,22,23). The lowest BCUT2D eigenvalue weighted by Crippen LogP contribution is -2.08. The smallest absolute Gasteiger partial charge is 0.152 e. The third-order valence-electron chi connectivity index (χ3n) is 4.44. The molecule has 0 spiro atoms. The first-order valence-corrected chi connectivity index (χ1v) is 8.96. The predicted molar refractivity (Wildman–Crippen MR) is 107 cm³/mol. The average molecular weight is 362 g/mol. The molecule has 6 nitrogen and oxygen atoms in total. The van der Waals surface area contributed by atoms with E-state index in [9.17, 15) is 5.11 Å². The summed E-state index contributed by atoms with van der Waals surface area (Å²) in [4.78, 5) is 8.99. The topological polar surface area (TPSA) is 86.2 Å². The van der Waals surface area contributed by atoms with E-state index in [0.29, 0.717) is 23.7 Å². The Morgan fingerprint density at radius 2 is 1.93 bits per heavy atom. The number of rotatable bonds is 5. The zero-order chi connectivity index (χ0) is 19.0. The van der Waals surface area contributed by atoms with Gasteiger partial charge in [-0.15, -0.1) is 0 Å². The molecule has 0 radical (unpaired) electrons. The molecular weight excluding hydrogens is 340 g/mol. The van der Waals surface area contributed by atoms with E-state index in [1.54, 1.807) is 0 Å². The van der Waals surface area contributed by atoms with Crippen molar-refractivity contribution in [1.29, 1.82) is 0 Å². The fourth-order valence-electron chi connectivity index (χ4n) is 3.37. The van der Waals surface area contributed by atoms with E-state index < -0.39 is 0 Å². The van der Waals surface area contributed by atoms with Gasteiger partial charge in [-0.05, 0) is 37.6 Å². The van der Waals surface area contributed by atoms with Crippen LogP contribution < -0.4 is 10.5 Å². The summed E-state index contributed by atoms with van der Waals surface area (Å²) in [6.45, 7) is 4.38. The van der Waals surface area contributed by atoms with Crippen molar-refractivity contribution in [2.45, 2.75) is 33.1 Å². The minimum Gasteiger partial charge on any atom is -0.491 e. The maximum absolute atomic E-state index is 9.86. The monoisotopic (exact) mass is 362 g/mol. The second-order valence-electron chi connectivity index (χ2n) is 6.80. The van der Waals surface area contributed by atoms with Crippen LogP contribution in [-0.2, 0) is 13.2 Å². The Morgan fingerprint density at radius 1 is 1.11 bits per heavy atom. The van der Waals surface area contributed by atoms with E-state index >= 15 is 0 Å². The van der Waals surface area contributed by atoms with E-state index in [-0.39, 0.29) is 12.7 Å². The molecule has 0 saturated carbocycles. The van der Waals surface area contributed by atoms with Gasteiger partial charge in [0.2, 0.25) is 0 Å². The van der Waals surface area contributed by atoms with Crippen LogP contribution in [0.4, 0.5) is 5.82 Å². The van der Waals surface area contributed by atoms with E-state index in [4.69, 9.17) is 10.5 Å². The van der Waals surface area contributed by atoms with Gasteiger partial charge in [-0.2, -0.15) is 0 Å². The number of nitrogen functional groups attached to an aromatic ring is 1. The van der Waals surface area contributed by atoms with Crippen LogP contribution in [0.2, 0.25) is 0 Å². The number of aliphatic hydroxyl groups excluding tert-OH is 1. The zero-order valence-electron chi connectivity index (χ0n) is 15.4. The van der Waals surface area contributed by atoms with Crippen molar-refractivity contribution in [3.63, 3.8) is 0 Å². The Morgan fingerprint density at radius 3 is 2.70 bits per heavy atom. The zero-order valence-corrected chi connectivity index (χ0v) is 15.4. The summed E-state index contributed by atoms with van der Waals surface area (Å²) >= 11 is 0. The normalized spacial score (nSPS) is 11.6. The van der Waals surface area contributed by atoms with Crippen LogP contribution in [0.1, 0.15) is 25.2 Å². The van der Waals surface area contributed by atoms with Gasteiger partial charge in [0.1, 0.15) is 23.7 Å². The van der Waals surface area contributed by atoms with Crippen molar-refractivity contribution in [3.05, 3.63) is 59.9 Å². The molecule has 138 valence electrons. The minimum atomic E-state index is -0.176. The van der Waals surface area contributed by atoms with Gasteiger partial charge in [-0.3, -0.25) is 0 Å². The molecule has 2 heterocycles. The lowest BCUT2D eigenvalue weighted by atomic mass is 10.1. The van der Waals surface area contributed by atoms with Crippen molar-refractivity contribution in [2.24, 2.45) is 0 Å². The van der Waals surface area contributed by atoms with Gasteiger partial charge in [-0.1, -0.05) is 30.3 Å². The summed E-state index contributed by atoms with van der Waals surface area (Å²) in [5.41, 5.74) is 9.51. The first-order valence-electron chi connectivity index (χ1n) is 8.96. The molecule has 0 aliphatic rings. The Hall–Kier alpha value is -3.12. The molecular formula is C21H22N4O2. The highest BCUT2D eigenvalue weighted by molar-refractivity contribution is 6.06. The number of nitrogens with zero attached hydrogens (tertiary/aromatic N) is 3. The molecule has 0 aliphatic heterocycles. The maximum Gasteiger partial charge on any atom is 0.152 e. The van der Waals surface area contributed by atoms with Gasteiger partial charge in [0, 0.05) is 11.9 Å². The lowest BCUT2D eigenvalue weighted by molar-refractivity contribution is 0.242. The molecule has 2 aromatic heterocycles. The van der Waals surface area contributed by atoms with Gasteiger partial charge < -0.3 is 20.1 Å². The summed E-state index contributed by atoms with van der Waals surface area (Å²) < 4.78 is 7.81. The summed E-state index contributed by atoms with van der Waals surface area (Å²) in [5, 5.41) is 10.8. The number of ether oxygens (including phenoxy) is 1. The van der Waals surface area contributed by atoms with E-state index in [1.165, 1.54) is 0 Å². The van der Waals surface area contributed by atoms with Crippen molar-refractivity contribution < 1.29 is 9.84 Å². The highest BCUT2D eigenvalue weighted by Gasteiger charge is 2.17. The molecule has 0 saturated heterocycles. The van der Waals surface area contributed by atoms with Gasteiger partial charge >= 0.3 is 0 Å². The number of anilines is 1. The number of benzene rings is 2. The third-order valence-corrected chi connectivity index (χ3v) is 4.44. The van der Waals surface area contributed by atoms with Crippen LogP contribution in [0.25, 0.3) is 21.9 Å². The van der Waals surface area contributed by atoms with E-state index in [1.807, 2.05) is 66.9 Å². The van der Waals surface area contributed by atoms with Crippen LogP contribution in [0.3, 0.4) is 0 Å². The van der Waals surface area contributed by atoms with Crippen LogP contribution in [0.5, 0.6) is 5.75 Å². The molecule has 0 aliphatic carbocycles. The van der Waals surface area contributed by atoms with E-state index in [2.05, 4.69) is 9.97 Å². The number of imidazole rings is 1. The van der Waals surface area contributed by atoms with Crippen molar-refractivity contribution in [3.8, 4) is 5.75 Å². The molecule has 0 fully saturated rings. The number of aliphatic hydroxyl groups is 1. The number of nitrogens with two attached hydrogens (primary N) is 1. The average Bonchev–Trinajstić information content (AvgIpc) is 3.01. The number of pyridine rings is 1. The maximum atomic E-state index is 9.86. The third kappa shape index (κ3) is 3.19. The molecule has 3 N–H and O–H groups in total. The number of aromatic nitrogens is 3. The van der Waals surface area contributed by atoms with Crippen molar-refractivity contribution in [1.82, 2.24) is 14.5 Å². The SMILES string of the molecule is CC(C)Oc1cccc(Cn2c(CO)nc3c(N)nc4ccccc4c32)c1. The van der Waals surface area contributed by atoms with Crippen LogP contribution in [0.15, 0.2) is 48.5 Å². The molecule has 6 heteroatoms. The summed E-state index contributed by atoms with van der Waals surface area (Å²) in [7, 11) is 0. The molecule has 27 heavy (non-hydrogen) atoms. The Bertz CT molecular complexity index is 1120. The number of fused-ring (bicyclic) bond motifs is 3. The van der Waals surface area contributed by atoms with Gasteiger partial charge in [-0.25, -0.2) is 9.97 Å². The van der Waals surface area contributed by atoms with Gasteiger partial charge in [0.25, 0.3) is 0 Å². The first-order chi connectivity index (χ1) is 13.1. The molecule has 0 atom stereocenters. The second kappa shape index (κ2) is 6.89. The largest absolute Gasteiger partial charge is 0.491 e.